The van der Waals surface area contributed by atoms with Gasteiger partial charge in [0.25, 0.3) is 0 Å². The number of aromatic nitrogens is 2. The molecule has 0 unspecified atom stereocenters. The molecule has 3 nitrogen and oxygen atoms in total. The van der Waals surface area contributed by atoms with Gasteiger partial charge in [0.2, 0.25) is 0 Å². The van der Waals surface area contributed by atoms with Gasteiger partial charge in [0.15, 0.2) is 0 Å². The minimum atomic E-state index is 0.699. The average Bonchev–Trinajstić information content (AvgIpc) is 2.65. The van der Waals surface area contributed by atoms with Gasteiger partial charge in [0.1, 0.15) is 0 Å². The number of rotatable bonds is 2. The van der Waals surface area contributed by atoms with Crippen molar-refractivity contribution in [2.24, 2.45) is 0 Å². The van der Waals surface area contributed by atoms with Gasteiger partial charge in [-0.25, -0.2) is 0 Å². The number of likely N-dealkylation sites (tertiary alicyclic amines) is 1. The Bertz CT molecular complexity index is 230. The topological polar surface area (TPSA) is 21.1 Å². The molecule has 0 amide bonds. The molecule has 66 valence electrons. The van der Waals surface area contributed by atoms with Gasteiger partial charge in [-0.05, 0) is 32.5 Å². The molecule has 1 aliphatic heterocycles. The summed E-state index contributed by atoms with van der Waals surface area (Å²) >= 11 is 0. The highest BCUT2D eigenvalue weighted by Crippen LogP contribution is 2.15. The van der Waals surface area contributed by atoms with Crippen LogP contribution in [0.2, 0.25) is 0 Å². The summed E-state index contributed by atoms with van der Waals surface area (Å²) in [6.07, 6.45) is 6.53. The fraction of sp³-hybridized carbons (Fsp3) is 0.667. The van der Waals surface area contributed by atoms with E-state index in [0.29, 0.717) is 6.04 Å². The predicted octanol–water partition coefficient (Wildman–Crippen LogP) is 0.977. The van der Waals surface area contributed by atoms with Crippen LogP contribution in [0.25, 0.3) is 0 Å². The van der Waals surface area contributed by atoms with Crippen LogP contribution in [0.15, 0.2) is 18.5 Å². The lowest BCUT2D eigenvalue weighted by Gasteiger charge is -2.18. The van der Waals surface area contributed by atoms with Gasteiger partial charge in [-0.3, -0.25) is 4.68 Å². The van der Waals surface area contributed by atoms with E-state index in [1.807, 2.05) is 23.1 Å². The summed E-state index contributed by atoms with van der Waals surface area (Å²) in [5.41, 5.74) is 0. The Hall–Kier alpha value is -0.830. The number of nitrogens with zero attached hydrogens (tertiary/aromatic N) is 3. The molecule has 1 aromatic heterocycles. The smallest absolute Gasteiger partial charge is 0.0564 e. The van der Waals surface area contributed by atoms with Crippen molar-refractivity contribution in [3.63, 3.8) is 0 Å². The van der Waals surface area contributed by atoms with E-state index in [1.165, 1.54) is 19.4 Å². The number of hydrogen-bond acceptors (Lipinski definition) is 2. The maximum atomic E-state index is 4.20. The van der Waals surface area contributed by atoms with Crippen LogP contribution in [-0.4, -0.2) is 34.3 Å². The molecule has 3 heteroatoms. The van der Waals surface area contributed by atoms with Crippen LogP contribution in [0.5, 0.6) is 0 Å². The third-order valence-corrected chi connectivity index (χ3v) is 2.63. The van der Waals surface area contributed by atoms with Gasteiger partial charge in [-0.15, -0.1) is 0 Å². The molecular weight excluding hydrogens is 150 g/mol. The van der Waals surface area contributed by atoms with E-state index >= 15 is 0 Å². The molecule has 1 fully saturated rings. The number of likely N-dealkylation sites (N-methyl/N-ethyl adjacent to an activating group) is 1. The van der Waals surface area contributed by atoms with Crippen molar-refractivity contribution in [1.29, 1.82) is 0 Å². The molecule has 0 saturated carbocycles. The second-order valence-corrected chi connectivity index (χ2v) is 3.50. The zero-order valence-electron chi connectivity index (χ0n) is 7.48. The van der Waals surface area contributed by atoms with E-state index in [0.717, 1.165) is 6.54 Å². The lowest BCUT2D eigenvalue weighted by Crippen LogP contribution is -2.29. The Balaban J connectivity index is 1.95. The van der Waals surface area contributed by atoms with Gasteiger partial charge >= 0.3 is 0 Å². The molecule has 0 radical (unpaired) electrons. The molecule has 1 aromatic rings. The first kappa shape index (κ1) is 7.80. The fourth-order valence-corrected chi connectivity index (χ4v) is 1.83. The molecule has 12 heavy (non-hydrogen) atoms. The average molecular weight is 165 g/mol. The number of hydrogen-bond donors (Lipinski definition) is 0. The maximum absolute atomic E-state index is 4.20. The standard InChI is InChI=1S/C9H15N3/c1-11-6-2-4-9(11)8-12-7-3-5-10-12/h3,5,7,9H,2,4,6,8H2,1H3/t9-/m0/s1. The summed E-state index contributed by atoms with van der Waals surface area (Å²) in [4.78, 5) is 2.42. The Morgan fingerprint density at radius 3 is 3.08 bits per heavy atom. The molecule has 0 aliphatic carbocycles. The quantitative estimate of drug-likeness (QED) is 0.651. The zero-order chi connectivity index (χ0) is 8.39. The normalized spacial score (nSPS) is 24.9. The Kier molecular flexibility index (Phi) is 2.13. The van der Waals surface area contributed by atoms with Crippen LogP contribution in [0.1, 0.15) is 12.8 Å². The summed E-state index contributed by atoms with van der Waals surface area (Å²) in [6, 6.07) is 2.68. The molecule has 0 bridgehead atoms. The molecule has 0 N–H and O–H groups in total. The second kappa shape index (κ2) is 3.27. The monoisotopic (exact) mass is 165 g/mol. The Morgan fingerprint density at radius 2 is 2.50 bits per heavy atom. The van der Waals surface area contributed by atoms with Crippen LogP contribution in [0.4, 0.5) is 0 Å². The SMILES string of the molecule is CN1CCC[C@H]1Cn1cccn1. The van der Waals surface area contributed by atoms with Crippen LogP contribution >= 0.6 is 0 Å². The van der Waals surface area contributed by atoms with Crippen molar-refractivity contribution in [3.05, 3.63) is 18.5 Å². The van der Waals surface area contributed by atoms with E-state index in [1.54, 1.807) is 0 Å². The van der Waals surface area contributed by atoms with Crippen molar-refractivity contribution >= 4 is 0 Å². The van der Waals surface area contributed by atoms with E-state index in [-0.39, 0.29) is 0 Å². The van der Waals surface area contributed by atoms with Crippen LogP contribution in [0.3, 0.4) is 0 Å². The van der Waals surface area contributed by atoms with Gasteiger partial charge in [-0.1, -0.05) is 0 Å². The molecule has 0 spiro atoms. The lowest BCUT2D eigenvalue weighted by atomic mass is 10.2. The minimum Gasteiger partial charge on any atom is -0.302 e. The molecule has 0 aromatic carbocycles. The van der Waals surface area contributed by atoms with Gasteiger partial charge < -0.3 is 4.90 Å². The van der Waals surface area contributed by atoms with Crippen molar-refractivity contribution in [1.82, 2.24) is 14.7 Å². The summed E-state index contributed by atoms with van der Waals surface area (Å²) in [5, 5.41) is 4.20. The summed E-state index contributed by atoms with van der Waals surface area (Å²) in [7, 11) is 2.20. The van der Waals surface area contributed by atoms with Crippen molar-refractivity contribution < 1.29 is 0 Å². The first-order valence-corrected chi connectivity index (χ1v) is 4.54. The van der Waals surface area contributed by atoms with Crippen LogP contribution in [-0.2, 0) is 6.54 Å². The maximum Gasteiger partial charge on any atom is 0.0564 e. The highest BCUT2D eigenvalue weighted by molar-refractivity contribution is 4.82. The zero-order valence-corrected chi connectivity index (χ0v) is 7.48. The highest BCUT2D eigenvalue weighted by Gasteiger charge is 2.20. The van der Waals surface area contributed by atoms with E-state index in [2.05, 4.69) is 17.0 Å². The highest BCUT2D eigenvalue weighted by atomic mass is 15.3. The van der Waals surface area contributed by atoms with Crippen molar-refractivity contribution in [2.45, 2.75) is 25.4 Å². The van der Waals surface area contributed by atoms with Crippen LogP contribution in [0, 0.1) is 0 Å². The predicted molar refractivity (Wildman–Crippen MR) is 47.9 cm³/mol. The molecular formula is C9H15N3. The fourth-order valence-electron chi connectivity index (χ4n) is 1.83. The minimum absolute atomic E-state index is 0.699. The van der Waals surface area contributed by atoms with Crippen molar-refractivity contribution in [2.75, 3.05) is 13.6 Å². The second-order valence-electron chi connectivity index (χ2n) is 3.50. The third-order valence-electron chi connectivity index (χ3n) is 2.63. The summed E-state index contributed by atoms with van der Waals surface area (Å²) in [5.74, 6) is 0. The van der Waals surface area contributed by atoms with Crippen molar-refractivity contribution in [3.8, 4) is 0 Å². The first-order chi connectivity index (χ1) is 5.86. The van der Waals surface area contributed by atoms with E-state index < -0.39 is 0 Å². The van der Waals surface area contributed by atoms with E-state index in [9.17, 15) is 0 Å². The summed E-state index contributed by atoms with van der Waals surface area (Å²) in [6.45, 7) is 2.29. The Labute approximate surface area is 73.0 Å². The van der Waals surface area contributed by atoms with Gasteiger partial charge in [0, 0.05) is 18.4 Å². The Morgan fingerprint density at radius 1 is 1.58 bits per heavy atom. The molecule has 2 heterocycles. The lowest BCUT2D eigenvalue weighted by molar-refractivity contribution is 0.274. The third kappa shape index (κ3) is 1.50. The van der Waals surface area contributed by atoms with E-state index in [4.69, 9.17) is 0 Å². The molecule has 1 atom stereocenters. The van der Waals surface area contributed by atoms with Crippen LogP contribution < -0.4 is 0 Å². The molecule has 1 saturated heterocycles. The first-order valence-electron chi connectivity index (χ1n) is 4.54. The summed E-state index contributed by atoms with van der Waals surface area (Å²) < 4.78 is 2.02. The molecule has 2 rings (SSSR count). The van der Waals surface area contributed by atoms with Gasteiger partial charge in [0.05, 0.1) is 6.54 Å². The largest absolute Gasteiger partial charge is 0.302 e. The molecule has 1 aliphatic rings. The van der Waals surface area contributed by atoms with Gasteiger partial charge in [-0.2, -0.15) is 5.10 Å².